The van der Waals surface area contributed by atoms with Gasteiger partial charge in [0.15, 0.2) is 11.5 Å². The number of methoxy groups -OCH3 is 1. The lowest BCUT2D eigenvalue weighted by Gasteiger charge is -2.19. The predicted octanol–water partition coefficient (Wildman–Crippen LogP) is 3.82. The van der Waals surface area contributed by atoms with Gasteiger partial charge in [0.2, 0.25) is 0 Å². The monoisotopic (exact) mass is 423 g/mol. The van der Waals surface area contributed by atoms with Crippen LogP contribution in [0.25, 0.3) is 0 Å². The van der Waals surface area contributed by atoms with Gasteiger partial charge in [0.25, 0.3) is 0 Å². The van der Waals surface area contributed by atoms with Gasteiger partial charge in [-0.1, -0.05) is 40.2 Å². The molecule has 2 aromatic carbocycles. The number of carbonyl (C=O) groups is 1. The topological polar surface area (TPSA) is 67.8 Å². The van der Waals surface area contributed by atoms with E-state index < -0.39 is 12.0 Å². The second-order valence-corrected chi connectivity index (χ2v) is 7.62. The van der Waals surface area contributed by atoms with Crippen LogP contribution in [0.3, 0.4) is 0 Å². The number of thioether (sulfide) groups is 1. The van der Waals surface area contributed by atoms with Crippen LogP contribution in [0.4, 0.5) is 0 Å². The van der Waals surface area contributed by atoms with Gasteiger partial charge in [-0.3, -0.25) is 10.1 Å². The summed E-state index contributed by atoms with van der Waals surface area (Å²) in [5, 5.41) is 12.2. The average molecular weight is 424 g/mol. The first kappa shape index (κ1) is 18.1. The van der Waals surface area contributed by atoms with Crippen molar-refractivity contribution < 1.29 is 19.4 Å². The van der Waals surface area contributed by atoms with E-state index in [4.69, 9.17) is 9.47 Å². The van der Waals surface area contributed by atoms with Gasteiger partial charge in [0.1, 0.15) is 12.6 Å². The molecule has 1 fully saturated rings. The fourth-order valence-electron chi connectivity index (χ4n) is 2.58. The van der Waals surface area contributed by atoms with E-state index in [2.05, 4.69) is 21.2 Å². The Kier molecular flexibility index (Phi) is 5.88. The SMILES string of the molecule is COc1cccc(C2NC(C(=O)O)CS2)c1OCc1ccc(Br)cc1. The van der Waals surface area contributed by atoms with Crippen molar-refractivity contribution in [2.24, 2.45) is 0 Å². The molecule has 1 saturated heterocycles. The molecule has 2 aromatic rings. The number of benzene rings is 2. The van der Waals surface area contributed by atoms with Crippen molar-refractivity contribution in [2.45, 2.75) is 18.0 Å². The molecule has 5 nitrogen and oxygen atoms in total. The van der Waals surface area contributed by atoms with Gasteiger partial charge in [0.05, 0.1) is 12.5 Å². The fraction of sp³-hybridized carbons (Fsp3) is 0.278. The lowest BCUT2D eigenvalue weighted by atomic mass is 10.1. The molecule has 3 rings (SSSR count). The Morgan fingerprint density at radius 2 is 2.08 bits per heavy atom. The molecule has 0 aliphatic carbocycles. The van der Waals surface area contributed by atoms with Crippen LogP contribution in [-0.4, -0.2) is 30.0 Å². The molecule has 7 heteroatoms. The molecule has 25 heavy (non-hydrogen) atoms. The number of para-hydroxylation sites is 1. The molecule has 1 heterocycles. The summed E-state index contributed by atoms with van der Waals surface area (Å²) in [5.41, 5.74) is 1.93. The molecule has 2 N–H and O–H groups in total. The standard InChI is InChI=1S/C18H18BrNO4S/c1-23-15-4-2-3-13(17-20-14(10-25-17)18(21)22)16(15)24-9-11-5-7-12(19)8-6-11/h2-8,14,17,20H,9-10H2,1H3,(H,21,22). The van der Waals surface area contributed by atoms with Crippen LogP contribution in [0.2, 0.25) is 0 Å². The summed E-state index contributed by atoms with van der Waals surface area (Å²) in [7, 11) is 1.60. The average Bonchev–Trinajstić information content (AvgIpc) is 3.11. The normalized spacial score (nSPS) is 19.6. The van der Waals surface area contributed by atoms with Crippen LogP contribution < -0.4 is 14.8 Å². The van der Waals surface area contributed by atoms with Crippen molar-refractivity contribution in [1.82, 2.24) is 5.32 Å². The number of hydrogen-bond acceptors (Lipinski definition) is 5. The molecule has 0 amide bonds. The maximum atomic E-state index is 11.2. The molecule has 1 aliphatic rings. The molecule has 132 valence electrons. The zero-order valence-electron chi connectivity index (χ0n) is 13.6. The lowest BCUT2D eigenvalue weighted by molar-refractivity contribution is -0.138. The van der Waals surface area contributed by atoms with Crippen LogP contribution >= 0.6 is 27.7 Å². The maximum Gasteiger partial charge on any atom is 0.321 e. The number of carboxylic acid groups (broad SMARTS) is 1. The molecule has 0 radical (unpaired) electrons. The summed E-state index contributed by atoms with van der Waals surface area (Å²) >= 11 is 4.97. The van der Waals surface area contributed by atoms with E-state index in [1.54, 1.807) is 18.9 Å². The molecule has 0 aromatic heterocycles. The minimum Gasteiger partial charge on any atom is -0.493 e. The van der Waals surface area contributed by atoms with Crippen molar-refractivity contribution in [3.8, 4) is 11.5 Å². The molecule has 0 saturated carbocycles. The summed E-state index contributed by atoms with van der Waals surface area (Å²) < 4.78 is 12.5. The van der Waals surface area contributed by atoms with E-state index in [0.29, 0.717) is 23.9 Å². The van der Waals surface area contributed by atoms with Crippen molar-refractivity contribution >= 4 is 33.7 Å². The maximum absolute atomic E-state index is 11.2. The van der Waals surface area contributed by atoms with E-state index in [1.165, 1.54) is 0 Å². The fourth-order valence-corrected chi connectivity index (χ4v) is 4.10. The minimum absolute atomic E-state index is 0.142. The van der Waals surface area contributed by atoms with Crippen LogP contribution in [0.5, 0.6) is 11.5 Å². The van der Waals surface area contributed by atoms with Crippen LogP contribution in [0, 0.1) is 0 Å². The second kappa shape index (κ2) is 8.12. The molecule has 0 spiro atoms. The second-order valence-electron chi connectivity index (χ2n) is 5.56. The highest BCUT2D eigenvalue weighted by molar-refractivity contribution is 9.10. The number of carboxylic acids is 1. The number of ether oxygens (including phenoxy) is 2. The van der Waals surface area contributed by atoms with Gasteiger partial charge in [-0.2, -0.15) is 0 Å². The lowest BCUT2D eigenvalue weighted by Crippen LogP contribution is -2.33. The van der Waals surface area contributed by atoms with Crippen molar-refractivity contribution in [3.05, 3.63) is 58.1 Å². The van der Waals surface area contributed by atoms with Crippen LogP contribution in [-0.2, 0) is 11.4 Å². The Balaban J connectivity index is 1.82. The predicted molar refractivity (Wildman–Crippen MR) is 101 cm³/mol. The summed E-state index contributed by atoms with van der Waals surface area (Å²) in [6, 6.07) is 13.0. The minimum atomic E-state index is -0.838. The Bertz CT molecular complexity index is 753. The zero-order valence-corrected chi connectivity index (χ0v) is 16.0. The molecular weight excluding hydrogens is 406 g/mol. The highest BCUT2D eigenvalue weighted by Crippen LogP contribution is 2.42. The molecule has 1 aliphatic heterocycles. The molecule has 2 atom stereocenters. The third kappa shape index (κ3) is 4.29. The summed E-state index contributed by atoms with van der Waals surface area (Å²) in [4.78, 5) is 11.2. The van der Waals surface area contributed by atoms with Gasteiger partial charge in [-0.15, -0.1) is 11.8 Å². The summed E-state index contributed by atoms with van der Waals surface area (Å²) in [6.07, 6.45) is 0. The first-order chi connectivity index (χ1) is 12.1. The smallest absolute Gasteiger partial charge is 0.321 e. The Morgan fingerprint density at radius 1 is 1.32 bits per heavy atom. The molecule has 0 bridgehead atoms. The zero-order chi connectivity index (χ0) is 17.8. The first-order valence-electron chi connectivity index (χ1n) is 7.73. The van der Waals surface area contributed by atoms with E-state index in [0.717, 1.165) is 15.6 Å². The molecular formula is C18H18BrNO4S. The summed E-state index contributed by atoms with van der Waals surface area (Å²) in [6.45, 7) is 0.403. The highest BCUT2D eigenvalue weighted by atomic mass is 79.9. The number of nitrogens with one attached hydrogen (secondary N) is 1. The van der Waals surface area contributed by atoms with Crippen LogP contribution in [0.1, 0.15) is 16.5 Å². The summed E-state index contributed by atoms with van der Waals surface area (Å²) in [5.74, 6) is 0.957. The number of hydrogen-bond donors (Lipinski definition) is 2. The third-order valence-corrected chi connectivity index (χ3v) is 5.67. The van der Waals surface area contributed by atoms with Crippen molar-refractivity contribution in [1.29, 1.82) is 0 Å². The van der Waals surface area contributed by atoms with E-state index in [-0.39, 0.29) is 5.37 Å². The van der Waals surface area contributed by atoms with Gasteiger partial charge in [-0.25, -0.2) is 0 Å². The van der Waals surface area contributed by atoms with Gasteiger partial charge in [0, 0.05) is 15.8 Å². The number of halogens is 1. The quantitative estimate of drug-likeness (QED) is 0.735. The highest BCUT2D eigenvalue weighted by Gasteiger charge is 2.32. The Labute approximate surface area is 158 Å². The third-order valence-electron chi connectivity index (χ3n) is 3.89. The van der Waals surface area contributed by atoms with Gasteiger partial charge >= 0.3 is 5.97 Å². The van der Waals surface area contributed by atoms with Crippen molar-refractivity contribution in [3.63, 3.8) is 0 Å². The Hall–Kier alpha value is -1.70. The largest absolute Gasteiger partial charge is 0.493 e. The number of rotatable bonds is 6. The van der Waals surface area contributed by atoms with E-state index in [9.17, 15) is 9.90 Å². The van der Waals surface area contributed by atoms with Gasteiger partial charge in [-0.05, 0) is 23.8 Å². The first-order valence-corrected chi connectivity index (χ1v) is 9.57. The van der Waals surface area contributed by atoms with Gasteiger partial charge < -0.3 is 14.6 Å². The Morgan fingerprint density at radius 3 is 2.72 bits per heavy atom. The molecule has 2 unspecified atom stereocenters. The van der Waals surface area contributed by atoms with E-state index >= 15 is 0 Å². The van der Waals surface area contributed by atoms with Crippen molar-refractivity contribution in [2.75, 3.05) is 12.9 Å². The number of aliphatic carboxylic acids is 1. The van der Waals surface area contributed by atoms with Crippen LogP contribution in [0.15, 0.2) is 46.9 Å². The van der Waals surface area contributed by atoms with E-state index in [1.807, 2.05) is 42.5 Å².